The molecule has 6 heteroatoms. The standard InChI is InChI=1S/C13H13Cl2NO3/c14-10-1-2-11(15)8(5-10)3-4-16-7-9(13(18)19)6-12(16)17/h1-2,5,9H,3-4,6-7H2,(H,18,19). The number of carboxylic acids is 1. The van der Waals surface area contributed by atoms with Crippen molar-refractivity contribution in [2.75, 3.05) is 13.1 Å². The minimum atomic E-state index is -0.920. The Morgan fingerprint density at radius 1 is 1.42 bits per heavy atom. The molecule has 1 aliphatic rings. The molecule has 0 aromatic heterocycles. The predicted molar refractivity (Wildman–Crippen MR) is 72.5 cm³/mol. The first-order valence-corrected chi connectivity index (χ1v) is 6.67. The van der Waals surface area contributed by atoms with Gasteiger partial charge in [0.05, 0.1) is 5.92 Å². The zero-order valence-electron chi connectivity index (χ0n) is 10.1. The molecule has 0 spiro atoms. The molecule has 0 bridgehead atoms. The molecule has 1 saturated heterocycles. The third-order valence-electron chi connectivity index (χ3n) is 3.22. The van der Waals surface area contributed by atoms with Gasteiger partial charge in [-0.05, 0) is 30.2 Å². The second kappa shape index (κ2) is 5.80. The SMILES string of the molecule is O=C(O)C1CC(=O)N(CCc2cc(Cl)ccc2Cl)C1. The largest absolute Gasteiger partial charge is 0.481 e. The van der Waals surface area contributed by atoms with Gasteiger partial charge in [0.25, 0.3) is 0 Å². The molecule has 102 valence electrons. The van der Waals surface area contributed by atoms with Crippen molar-refractivity contribution >= 4 is 35.1 Å². The first-order valence-electron chi connectivity index (χ1n) is 5.92. The molecule has 1 aliphatic heterocycles. The van der Waals surface area contributed by atoms with Gasteiger partial charge in [-0.1, -0.05) is 23.2 Å². The maximum Gasteiger partial charge on any atom is 0.308 e. The zero-order valence-corrected chi connectivity index (χ0v) is 11.6. The minimum absolute atomic E-state index is 0.0820. The number of carbonyl (C=O) groups excluding carboxylic acids is 1. The van der Waals surface area contributed by atoms with Gasteiger partial charge in [-0.2, -0.15) is 0 Å². The van der Waals surface area contributed by atoms with Crippen LogP contribution in [0, 0.1) is 5.92 Å². The van der Waals surface area contributed by atoms with Crippen LogP contribution in [-0.2, 0) is 16.0 Å². The van der Waals surface area contributed by atoms with Crippen LogP contribution in [0.4, 0.5) is 0 Å². The number of rotatable bonds is 4. The average molecular weight is 302 g/mol. The van der Waals surface area contributed by atoms with Crippen LogP contribution < -0.4 is 0 Å². The number of hydrogen-bond acceptors (Lipinski definition) is 2. The van der Waals surface area contributed by atoms with Crippen molar-refractivity contribution in [2.45, 2.75) is 12.8 Å². The van der Waals surface area contributed by atoms with Gasteiger partial charge in [-0.25, -0.2) is 0 Å². The molecule has 0 saturated carbocycles. The fourth-order valence-corrected chi connectivity index (χ4v) is 2.55. The fraction of sp³-hybridized carbons (Fsp3) is 0.385. The van der Waals surface area contributed by atoms with Crippen LogP contribution in [0.5, 0.6) is 0 Å². The van der Waals surface area contributed by atoms with Crippen molar-refractivity contribution < 1.29 is 14.7 Å². The second-order valence-corrected chi connectivity index (χ2v) is 5.41. The molecule has 0 aliphatic carbocycles. The third-order valence-corrected chi connectivity index (χ3v) is 3.83. The number of aliphatic carboxylic acids is 1. The zero-order chi connectivity index (χ0) is 14.0. The van der Waals surface area contributed by atoms with Crippen molar-refractivity contribution in [2.24, 2.45) is 5.92 Å². The van der Waals surface area contributed by atoms with Crippen LogP contribution in [0.25, 0.3) is 0 Å². The molecular weight excluding hydrogens is 289 g/mol. The Labute approximate surface area is 120 Å². The van der Waals surface area contributed by atoms with E-state index in [2.05, 4.69) is 0 Å². The Balaban J connectivity index is 1.97. The molecule has 19 heavy (non-hydrogen) atoms. The van der Waals surface area contributed by atoms with Gasteiger partial charge in [0.15, 0.2) is 0 Å². The molecule has 1 N–H and O–H groups in total. The third kappa shape index (κ3) is 3.39. The molecule has 1 atom stereocenters. The Kier molecular flexibility index (Phi) is 4.32. The van der Waals surface area contributed by atoms with Crippen LogP contribution in [0.2, 0.25) is 10.0 Å². The highest BCUT2D eigenvalue weighted by atomic mass is 35.5. The van der Waals surface area contributed by atoms with Gasteiger partial charge < -0.3 is 10.0 Å². The summed E-state index contributed by atoms with van der Waals surface area (Å²) < 4.78 is 0. The summed E-state index contributed by atoms with van der Waals surface area (Å²) in [6, 6.07) is 5.18. The highest BCUT2D eigenvalue weighted by Gasteiger charge is 2.33. The van der Waals surface area contributed by atoms with Gasteiger partial charge in [0.1, 0.15) is 0 Å². The van der Waals surface area contributed by atoms with E-state index in [9.17, 15) is 9.59 Å². The highest BCUT2D eigenvalue weighted by Crippen LogP contribution is 2.23. The number of carboxylic acid groups (broad SMARTS) is 1. The predicted octanol–water partition coefficient (Wildman–Crippen LogP) is 2.47. The van der Waals surface area contributed by atoms with Crippen LogP contribution in [-0.4, -0.2) is 35.0 Å². The topological polar surface area (TPSA) is 57.6 Å². The highest BCUT2D eigenvalue weighted by molar-refractivity contribution is 6.33. The Bertz CT molecular complexity index is 519. The summed E-state index contributed by atoms with van der Waals surface area (Å²) in [5, 5.41) is 10.1. The first-order chi connectivity index (χ1) is 8.97. The first kappa shape index (κ1) is 14.2. The lowest BCUT2D eigenvalue weighted by Gasteiger charge is -2.16. The summed E-state index contributed by atoms with van der Waals surface area (Å²) >= 11 is 11.9. The van der Waals surface area contributed by atoms with Crippen molar-refractivity contribution in [3.05, 3.63) is 33.8 Å². The molecular formula is C13H13Cl2NO3. The summed E-state index contributed by atoms with van der Waals surface area (Å²) in [7, 11) is 0. The van der Waals surface area contributed by atoms with Gasteiger partial charge in [-0.3, -0.25) is 9.59 Å². The van der Waals surface area contributed by atoms with E-state index in [1.807, 2.05) is 0 Å². The van der Waals surface area contributed by atoms with Gasteiger partial charge in [0.2, 0.25) is 5.91 Å². The maximum atomic E-state index is 11.7. The summed E-state index contributed by atoms with van der Waals surface area (Å²) in [5.41, 5.74) is 0.862. The van der Waals surface area contributed by atoms with Crippen LogP contribution in [0.15, 0.2) is 18.2 Å². The molecule has 4 nitrogen and oxygen atoms in total. The summed E-state index contributed by atoms with van der Waals surface area (Å²) in [4.78, 5) is 24.1. The average Bonchev–Trinajstić information content (AvgIpc) is 2.72. The van der Waals surface area contributed by atoms with Crippen LogP contribution in [0.3, 0.4) is 0 Å². The van der Waals surface area contributed by atoms with E-state index in [-0.39, 0.29) is 18.9 Å². The number of nitrogens with zero attached hydrogens (tertiary/aromatic N) is 1. The van der Waals surface area contributed by atoms with Crippen LogP contribution >= 0.6 is 23.2 Å². The molecule has 1 unspecified atom stereocenters. The lowest BCUT2D eigenvalue weighted by atomic mass is 10.1. The van der Waals surface area contributed by atoms with E-state index < -0.39 is 11.9 Å². The van der Waals surface area contributed by atoms with Crippen molar-refractivity contribution in [1.82, 2.24) is 4.90 Å². The Morgan fingerprint density at radius 3 is 2.79 bits per heavy atom. The summed E-state index contributed by atoms with van der Waals surface area (Å²) in [6.07, 6.45) is 0.649. The number of amides is 1. The number of halogens is 2. The molecule has 1 heterocycles. The van der Waals surface area contributed by atoms with E-state index in [4.69, 9.17) is 28.3 Å². The quantitative estimate of drug-likeness (QED) is 0.929. The number of likely N-dealkylation sites (tertiary alicyclic amines) is 1. The van der Waals surface area contributed by atoms with E-state index in [0.717, 1.165) is 5.56 Å². The van der Waals surface area contributed by atoms with E-state index in [1.165, 1.54) is 0 Å². The monoisotopic (exact) mass is 301 g/mol. The fourth-order valence-electron chi connectivity index (χ4n) is 2.14. The van der Waals surface area contributed by atoms with Crippen LogP contribution in [0.1, 0.15) is 12.0 Å². The maximum absolute atomic E-state index is 11.7. The molecule has 1 aromatic carbocycles. The van der Waals surface area contributed by atoms with Crippen molar-refractivity contribution in [3.8, 4) is 0 Å². The number of hydrogen-bond donors (Lipinski definition) is 1. The van der Waals surface area contributed by atoms with E-state index in [1.54, 1.807) is 23.1 Å². The Hall–Kier alpha value is -1.26. The van der Waals surface area contributed by atoms with E-state index in [0.29, 0.717) is 23.0 Å². The van der Waals surface area contributed by atoms with Crippen molar-refractivity contribution in [1.29, 1.82) is 0 Å². The molecule has 2 rings (SSSR count). The Morgan fingerprint density at radius 2 is 2.16 bits per heavy atom. The lowest BCUT2D eigenvalue weighted by Crippen LogP contribution is -2.28. The summed E-state index contributed by atoms with van der Waals surface area (Å²) in [6.45, 7) is 0.731. The van der Waals surface area contributed by atoms with Crippen molar-refractivity contribution in [3.63, 3.8) is 0 Å². The molecule has 1 amide bonds. The molecule has 0 radical (unpaired) electrons. The normalized spacial score (nSPS) is 18.9. The smallest absolute Gasteiger partial charge is 0.308 e. The number of benzene rings is 1. The van der Waals surface area contributed by atoms with Gasteiger partial charge in [0, 0.05) is 29.6 Å². The molecule has 1 fully saturated rings. The lowest BCUT2D eigenvalue weighted by molar-refractivity contribution is -0.141. The second-order valence-electron chi connectivity index (χ2n) is 4.56. The summed E-state index contributed by atoms with van der Waals surface area (Å²) in [5.74, 6) is -1.63. The minimum Gasteiger partial charge on any atom is -0.481 e. The van der Waals surface area contributed by atoms with Gasteiger partial charge in [-0.15, -0.1) is 0 Å². The molecule has 1 aromatic rings. The van der Waals surface area contributed by atoms with E-state index >= 15 is 0 Å². The number of carbonyl (C=O) groups is 2. The van der Waals surface area contributed by atoms with Gasteiger partial charge >= 0.3 is 5.97 Å².